The average molecular weight is 472 g/mol. The molecule has 1 aliphatic heterocycles. The molecule has 1 aromatic rings. The number of hydrogen-bond donors (Lipinski definition) is 0. The zero-order chi connectivity index (χ0) is 24.2. The zero-order valence-corrected chi connectivity index (χ0v) is 21.4. The SMILES string of the molecule is CCCCC1(CCCC)CS(=O)(=O)c2ccc(N(C)C)cc2/C(=C2/C=CC(OC)=CC2)C1=O. The third-order valence-electron chi connectivity index (χ3n) is 6.81. The van der Waals surface area contributed by atoms with Gasteiger partial charge in [0.05, 0.1) is 17.8 Å². The van der Waals surface area contributed by atoms with Crippen LogP contribution in [-0.2, 0) is 19.4 Å². The van der Waals surface area contributed by atoms with Crippen molar-refractivity contribution < 1.29 is 17.9 Å². The molecule has 180 valence electrons. The van der Waals surface area contributed by atoms with Gasteiger partial charge in [0.1, 0.15) is 5.76 Å². The number of ether oxygens (including phenoxy) is 1. The maximum absolute atomic E-state index is 14.4. The Balaban J connectivity index is 2.33. The highest BCUT2D eigenvalue weighted by atomic mass is 32.2. The quantitative estimate of drug-likeness (QED) is 0.454. The van der Waals surface area contributed by atoms with Gasteiger partial charge in [0, 0.05) is 36.3 Å². The summed E-state index contributed by atoms with van der Waals surface area (Å²) in [6.07, 6.45) is 10.9. The van der Waals surface area contributed by atoms with Gasteiger partial charge in [-0.3, -0.25) is 4.79 Å². The van der Waals surface area contributed by atoms with Gasteiger partial charge in [0.25, 0.3) is 0 Å². The summed E-state index contributed by atoms with van der Waals surface area (Å²) in [5.74, 6) is 0.613. The first kappa shape index (κ1) is 25.3. The molecular weight excluding hydrogens is 434 g/mol. The fraction of sp³-hybridized carbons (Fsp3) is 0.519. The zero-order valence-electron chi connectivity index (χ0n) is 20.6. The van der Waals surface area contributed by atoms with Gasteiger partial charge in [-0.25, -0.2) is 8.42 Å². The van der Waals surface area contributed by atoms with Gasteiger partial charge in [0.15, 0.2) is 15.6 Å². The third-order valence-corrected chi connectivity index (χ3v) is 8.76. The van der Waals surface area contributed by atoms with Crippen LogP contribution in [0.25, 0.3) is 5.57 Å². The van der Waals surface area contributed by atoms with Crippen molar-refractivity contribution in [1.29, 1.82) is 0 Å². The fourth-order valence-electron chi connectivity index (χ4n) is 4.87. The Morgan fingerprint density at radius 1 is 1.06 bits per heavy atom. The summed E-state index contributed by atoms with van der Waals surface area (Å²) in [5.41, 5.74) is 1.92. The number of Topliss-reactive ketones (excluding diaryl/α,β-unsaturated/α-hetero) is 1. The van der Waals surface area contributed by atoms with Crippen molar-refractivity contribution in [3.63, 3.8) is 0 Å². The highest BCUT2D eigenvalue weighted by molar-refractivity contribution is 7.91. The molecule has 0 fully saturated rings. The molecule has 0 unspecified atom stereocenters. The number of allylic oxidation sites excluding steroid dienone is 5. The maximum atomic E-state index is 14.4. The molecule has 1 aromatic carbocycles. The Hall–Kier alpha value is -2.34. The molecule has 0 radical (unpaired) electrons. The third kappa shape index (κ3) is 5.11. The molecular formula is C27H37NO4S. The van der Waals surface area contributed by atoms with Crippen LogP contribution in [0.5, 0.6) is 0 Å². The van der Waals surface area contributed by atoms with Gasteiger partial charge in [0.2, 0.25) is 0 Å². The lowest BCUT2D eigenvalue weighted by atomic mass is 9.71. The molecule has 0 saturated carbocycles. The van der Waals surface area contributed by atoms with Gasteiger partial charge in [-0.1, -0.05) is 45.6 Å². The van der Waals surface area contributed by atoms with E-state index in [0.717, 1.165) is 42.7 Å². The summed E-state index contributed by atoms with van der Waals surface area (Å²) in [7, 11) is 1.81. The van der Waals surface area contributed by atoms with E-state index in [0.29, 0.717) is 30.4 Å². The Morgan fingerprint density at radius 2 is 1.73 bits per heavy atom. The number of anilines is 1. The second-order valence-corrected chi connectivity index (χ2v) is 11.4. The Kier molecular flexibility index (Phi) is 7.88. The number of rotatable bonds is 8. The lowest BCUT2D eigenvalue weighted by Gasteiger charge is -2.32. The normalized spacial score (nSPS) is 21.2. The molecule has 0 saturated heterocycles. The first-order valence-electron chi connectivity index (χ1n) is 11.9. The number of carbonyl (C=O) groups excluding carboxylic acids is 1. The number of nitrogens with zero attached hydrogens (tertiary/aromatic N) is 1. The van der Waals surface area contributed by atoms with Crippen molar-refractivity contribution in [3.05, 3.63) is 53.3 Å². The second-order valence-electron chi connectivity index (χ2n) is 9.40. The number of sulfone groups is 1. The molecule has 1 aliphatic carbocycles. The van der Waals surface area contributed by atoms with Crippen LogP contribution in [0.2, 0.25) is 0 Å². The largest absolute Gasteiger partial charge is 0.497 e. The number of benzene rings is 1. The Morgan fingerprint density at radius 3 is 2.24 bits per heavy atom. The van der Waals surface area contributed by atoms with Crippen molar-refractivity contribution >= 4 is 26.9 Å². The van der Waals surface area contributed by atoms with Gasteiger partial charge < -0.3 is 9.64 Å². The van der Waals surface area contributed by atoms with E-state index in [4.69, 9.17) is 4.74 Å². The van der Waals surface area contributed by atoms with Crippen molar-refractivity contribution in [2.75, 3.05) is 31.9 Å². The minimum atomic E-state index is -3.65. The van der Waals surface area contributed by atoms with Gasteiger partial charge in [-0.05, 0) is 55.2 Å². The Bertz CT molecular complexity index is 1090. The van der Waals surface area contributed by atoms with E-state index < -0.39 is 15.3 Å². The summed E-state index contributed by atoms with van der Waals surface area (Å²) in [6, 6.07) is 5.38. The Labute approximate surface area is 199 Å². The molecule has 6 heteroatoms. The van der Waals surface area contributed by atoms with Gasteiger partial charge in [-0.15, -0.1) is 0 Å². The monoisotopic (exact) mass is 471 g/mol. The van der Waals surface area contributed by atoms with Crippen LogP contribution >= 0.6 is 0 Å². The highest BCUT2D eigenvalue weighted by Gasteiger charge is 2.47. The topological polar surface area (TPSA) is 63.7 Å². The smallest absolute Gasteiger partial charge is 0.179 e. The summed E-state index contributed by atoms with van der Waals surface area (Å²) < 4.78 is 32.8. The summed E-state index contributed by atoms with van der Waals surface area (Å²) in [4.78, 5) is 16.6. The predicted octanol–water partition coefficient (Wildman–Crippen LogP) is 5.72. The first-order valence-corrected chi connectivity index (χ1v) is 13.6. The van der Waals surface area contributed by atoms with Crippen molar-refractivity contribution in [1.82, 2.24) is 0 Å². The van der Waals surface area contributed by atoms with E-state index in [1.807, 2.05) is 49.4 Å². The van der Waals surface area contributed by atoms with Gasteiger partial charge in [-0.2, -0.15) is 0 Å². The van der Waals surface area contributed by atoms with Crippen LogP contribution in [0.3, 0.4) is 0 Å². The first-order chi connectivity index (χ1) is 15.7. The molecule has 3 rings (SSSR count). The molecule has 5 nitrogen and oxygen atoms in total. The standard InChI is InChI=1S/C27H37NO4S/c1-6-8-16-27(17-9-7-2)19-33(30,31)24-15-12-21(28(3)4)18-23(24)25(26(27)29)20-10-13-22(32-5)14-11-20/h10,12-15,18H,6-9,11,16-17,19H2,1-5H3/b25-20+. The van der Waals surface area contributed by atoms with E-state index in [1.165, 1.54) is 0 Å². The van der Waals surface area contributed by atoms with E-state index in [-0.39, 0.29) is 16.4 Å². The molecule has 33 heavy (non-hydrogen) atoms. The molecule has 0 N–H and O–H groups in total. The van der Waals surface area contributed by atoms with Crippen LogP contribution in [0.4, 0.5) is 5.69 Å². The van der Waals surface area contributed by atoms with Crippen molar-refractivity contribution in [2.45, 2.75) is 63.7 Å². The minimum absolute atomic E-state index is 0.0171. The number of ketones is 1. The van der Waals surface area contributed by atoms with Crippen LogP contribution < -0.4 is 4.90 Å². The van der Waals surface area contributed by atoms with E-state index in [1.54, 1.807) is 13.2 Å². The molecule has 2 aliphatic rings. The molecule has 0 aromatic heterocycles. The van der Waals surface area contributed by atoms with E-state index in [2.05, 4.69) is 13.8 Å². The molecule has 0 bridgehead atoms. The molecule has 0 spiro atoms. The van der Waals surface area contributed by atoms with Crippen LogP contribution in [-0.4, -0.2) is 41.2 Å². The molecule has 0 amide bonds. The molecule has 0 atom stereocenters. The van der Waals surface area contributed by atoms with Crippen molar-refractivity contribution in [3.8, 4) is 0 Å². The molecule has 1 heterocycles. The average Bonchev–Trinajstić information content (AvgIpc) is 2.87. The highest BCUT2D eigenvalue weighted by Crippen LogP contribution is 2.46. The lowest BCUT2D eigenvalue weighted by Crippen LogP contribution is -2.37. The van der Waals surface area contributed by atoms with E-state index in [9.17, 15) is 13.2 Å². The predicted molar refractivity (Wildman–Crippen MR) is 135 cm³/mol. The minimum Gasteiger partial charge on any atom is -0.497 e. The van der Waals surface area contributed by atoms with Crippen LogP contribution in [0.15, 0.2) is 52.7 Å². The van der Waals surface area contributed by atoms with Gasteiger partial charge >= 0.3 is 0 Å². The van der Waals surface area contributed by atoms with Crippen LogP contribution in [0.1, 0.15) is 64.4 Å². The summed E-state index contributed by atoms with van der Waals surface area (Å²) >= 11 is 0. The number of fused-ring (bicyclic) bond motifs is 1. The fourth-order valence-corrected chi connectivity index (χ4v) is 6.94. The number of hydrogen-bond acceptors (Lipinski definition) is 5. The second kappa shape index (κ2) is 10.3. The summed E-state index contributed by atoms with van der Waals surface area (Å²) in [6.45, 7) is 4.17. The number of unbranched alkanes of at least 4 members (excludes halogenated alkanes) is 2. The van der Waals surface area contributed by atoms with Crippen molar-refractivity contribution in [2.24, 2.45) is 5.41 Å². The number of carbonyl (C=O) groups is 1. The lowest BCUT2D eigenvalue weighted by molar-refractivity contribution is -0.122. The van der Waals surface area contributed by atoms with E-state index >= 15 is 0 Å². The van der Waals surface area contributed by atoms with Crippen LogP contribution in [0, 0.1) is 5.41 Å². The number of methoxy groups -OCH3 is 1. The maximum Gasteiger partial charge on any atom is 0.179 e. The summed E-state index contributed by atoms with van der Waals surface area (Å²) in [5, 5.41) is 0.